The number of anilines is 3. The number of rotatable bonds is 9. The van der Waals surface area contributed by atoms with Gasteiger partial charge in [-0.3, -0.25) is 0 Å². The number of nitrogens with zero attached hydrogens (tertiary/aromatic N) is 1. The predicted octanol–water partition coefficient (Wildman–Crippen LogP) is 16.3. The van der Waals surface area contributed by atoms with Gasteiger partial charge in [-0.15, -0.1) is 0 Å². The first-order valence-electron chi connectivity index (χ1n) is 21.1. The van der Waals surface area contributed by atoms with Crippen LogP contribution in [0.15, 0.2) is 164 Å². The minimum Gasteiger partial charge on any atom is -0.310 e. The monoisotopic (exact) mass is 755 g/mol. The van der Waals surface area contributed by atoms with Crippen molar-refractivity contribution in [2.24, 2.45) is 0 Å². The zero-order valence-corrected chi connectivity index (χ0v) is 35.6. The molecule has 8 rings (SSSR count). The predicted molar refractivity (Wildman–Crippen MR) is 252 cm³/mol. The molecule has 0 heterocycles. The Labute approximate surface area is 347 Å². The van der Waals surface area contributed by atoms with Gasteiger partial charge < -0.3 is 4.90 Å². The van der Waals surface area contributed by atoms with Crippen LogP contribution in [0.1, 0.15) is 102 Å². The minimum atomic E-state index is -0.0580. The third-order valence-electron chi connectivity index (χ3n) is 12.5. The molecule has 0 atom stereocenters. The summed E-state index contributed by atoms with van der Waals surface area (Å²) in [6.45, 7) is 18.4. The summed E-state index contributed by atoms with van der Waals surface area (Å²) >= 11 is 0. The van der Waals surface area contributed by atoms with Crippen LogP contribution in [0.25, 0.3) is 45.5 Å². The van der Waals surface area contributed by atoms with E-state index in [1.54, 1.807) is 0 Å². The number of benzene rings is 7. The number of para-hydroxylation sites is 2. The van der Waals surface area contributed by atoms with E-state index in [4.69, 9.17) is 0 Å². The van der Waals surface area contributed by atoms with Crippen LogP contribution in [0.3, 0.4) is 0 Å². The maximum absolute atomic E-state index is 2.46. The molecule has 7 aromatic rings. The third kappa shape index (κ3) is 7.35. The molecule has 58 heavy (non-hydrogen) atoms. The Morgan fingerprint density at radius 3 is 1.45 bits per heavy atom. The highest BCUT2D eigenvalue weighted by Gasteiger charge is 2.41. The molecule has 0 fully saturated rings. The molecule has 0 aromatic heterocycles. The van der Waals surface area contributed by atoms with Crippen LogP contribution < -0.4 is 4.90 Å². The van der Waals surface area contributed by atoms with Crippen LogP contribution in [-0.2, 0) is 16.2 Å². The summed E-state index contributed by atoms with van der Waals surface area (Å²) in [7, 11) is 0. The Balaban J connectivity index is 1.10. The highest BCUT2D eigenvalue weighted by molar-refractivity contribution is 5.88. The first-order chi connectivity index (χ1) is 27.9. The van der Waals surface area contributed by atoms with Gasteiger partial charge in [-0.1, -0.05) is 195 Å². The minimum absolute atomic E-state index is 0.0580. The summed E-state index contributed by atoms with van der Waals surface area (Å²) in [4.78, 5) is 2.38. The van der Waals surface area contributed by atoms with Gasteiger partial charge in [0.05, 0.1) is 0 Å². The zero-order valence-electron chi connectivity index (χ0n) is 35.6. The van der Waals surface area contributed by atoms with E-state index < -0.39 is 0 Å². The molecule has 1 aliphatic carbocycles. The van der Waals surface area contributed by atoms with Crippen molar-refractivity contribution in [3.63, 3.8) is 0 Å². The van der Waals surface area contributed by atoms with Gasteiger partial charge in [0.1, 0.15) is 0 Å². The SMILES string of the molecule is CCC1(CC)c2cc(/C=C/c3ccc(-c4cc(C(C)(C)C)ccc4-c4ccc(C(C)(C)C)cc4)cc3)ccc2-c2ccc(N(c3ccccc3)c3ccccc3)cc21. The summed E-state index contributed by atoms with van der Waals surface area (Å²) in [6, 6.07) is 60.9. The smallest absolute Gasteiger partial charge is 0.0465 e. The molecule has 290 valence electrons. The van der Waals surface area contributed by atoms with E-state index in [-0.39, 0.29) is 16.2 Å². The second-order valence-corrected chi connectivity index (χ2v) is 18.1. The van der Waals surface area contributed by atoms with Crippen LogP contribution in [0.5, 0.6) is 0 Å². The lowest BCUT2D eigenvalue weighted by Crippen LogP contribution is -2.23. The Bertz CT molecular complexity index is 2520. The van der Waals surface area contributed by atoms with Crippen molar-refractivity contribution in [1.29, 1.82) is 0 Å². The van der Waals surface area contributed by atoms with E-state index >= 15 is 0 Å². The molecule has 0 saturated carbocycles. The van der Waals surface area contributed by atoms with E-state index in [1.165, 1.54) is 72.4 Å². The molecule has 7 aromatic carbocycles. The Morgan fingerprint density at radius 1 is 0.414 bits per heavy atom. The van der Waals surface area contributed by atoms with Crippen LogP contribution in [0.2, 0.25) is 0 Å². The van der Waals surface area contributed by atoms with Crippen molar-refractivity contribution < 1.29 is 0 Å². The number of hydrogen-bond donors (Lipinski definition) is 0. The Kier molecular flexibility index (Phi) is 10.4. The van der Waals surface area contributed by atoms with Crippen molar-refractivity contribution in [3.8, 4) is 33.4 Å². The molecular formula is C57H57N. The quantitative estimate of drug-likeness (QED) is 0.133. The molecule has 1 aliphatic rings. The van der Waals surface area contributed by atoms with Crippen molar-refractivity contribution in [3.05, 3.63) is 197 Å². The second-order valence-electron chi connectivity index (χ2n) is 18.1. The fourth-order valence-corrected chi connectivity index (χ4v) is 8.97. The normalized spacial score (nSPS) is 13.4. The number of hydrogen-bond acceptors (Lipinski definition) is 1. The molecule has 1 heteroatoms. The fraction of sp³-hybridized carbons (Fsp3) is 0.228. The first-order valence-corrected chi connectivity index (χ1v) is 21.1. The van der Waals surface area contributed by atoms with E-state index in [9.17, 15) is 0 Å². The molecule has 0 bridgehead atoms. The van der Waals surface area contributed by atoms with Gasteiger partial charge in [0.15, 0.2) is 0 Å². The molecule has 0 amide bonds. The van der Waals surface area contributed by atoms with Crippen LogP contribution in [0.4, 0.5) is 17.1 Å². The molecule has 1 nitrogen and oxygen atoms in total. The molecule has 0 aliphatic heterocycles. The number of fused-ring (bicyclic) bond motifs is 3. The summed E-state index contributed by atoms with van der Waals surface area (Å²) in [6.07, 6.45) is 6.63. The lowest BCUT2D eigenvalue weighted by Gasteiger charge is -2.32. The largest absolute Gasteiger partial charge is 0.310 e. The van der Waals surface area contributed by atoms with Crippen molar-refractivity contribution in [2.45, 2.75) is 84.5 Å². The van der Waals surface area contributed by atoms with Crippen molar-refractivity contribution >= 4 is 29.2 Å². The van der Waals surface area contributed by atoms with Gasteiger partial charge in [-0.05, 0) is 127 Å². The average Bonchev–Trinajstić information content (AvgIpc) is 3.51. The topological polar surface area (TPSA) is 3.24 Å². The summed E-state index contributed by atoms with van der Waals surface area (Å²) in [5, 5.41) is 0. The van der Waals surface area contributed by atoms with E-state index in [0.29, 0.717) is 0 Å². The van der Waals surface area contributed by atoms with Gasteiger partial charge in [0.25, 0.3) is 0 Å². The average molecular weight is 756 g/mol. The molecule has 0 spiro atoms. The first kappa shape index (κ1) is 38.9. The van der Waals surface area contributed by atoms with Crippen molar-refractivity contribution in [2.75, 3.05) is 4.90 Å². The van der Waals surface area contributed by atoms with Gasteiger partial charge in [-0.2, -0.15) is 0 Å². The lowest BCUT2D eigenvalue weighted by molar-refractivity contribution is 0.490. The molecule has 0 N–H and O–H groups in total. The summed E-state index contributed by atoms with van der Waals surface area (Å²) < 4.78 is 0. The Morgan fingerprint density at radius 2 is 0.879 bits per heavy atom. The second kappa shape index (κ2) is 15.4. The highest BCUT2D eigenvalue weighted by atomic mass is 15.1. The standard InChI is InChI=1S/C57H57N/c1-9-57(10-2)53-37-41(25-34-50(53)51-36-33-48(39-54(51)57)58(46-17-13-11-14-18-46)47-19-15-12-16-20-47)22-21-40-23-26-43(27-24-40)52-38-45(56(6,7)8)32-35-49(52)42-28-30-44(31-29-42)55(3,4)5/h11-39H,9-10H2,1-8H3/b22-21+. The van der Waals surface area contributed by atoms with Crippen LogP contribution >= 0.6 is 0 Å². The van der Waals surface area contributed by atoms with Gasteiger partial charge in [-0.25, -0.2) is 0 Å². The van der Waals surface area contributed by atoms with Crippen molar-refractivity contribution in [1.82, 2.24) is 0 Å². The Hall–Kier alpha value is -5.92. The van der Waals surface area contributed by atoms with Crippen LogP contribution in [0, 0.1) is 0 Å². The highest BCUT2D eigenvalue weighted by Crippen LogP contribution is 2.54. The summed E-state index contributed by atoms with van der Waals surface area (Å²) in [5.41, 5.74) is 19.4. The fourth-order valence-electron chi connectivity index (χ4n) is 8.97. The van der Waals surface area contributed by atoms with Gasteiger partial charge >= 0.3 is 0 Å². The maximum atomic E-state index is 2.46. The maximum Gasteiger partial charge on any atom is 0.0465 e. The van der Waals surface area contributed by atoms with E-state index in [1.807, 2.05) is 0 Å². The van der Waals surface area contributed by atoms with Crippen LogP contribution in [-0.4, -0.2) is 0 Å². The van der Waals surface area contributed by atoms with E-state index in [2.05, 4.69) is 236 Å². The molecule has 0 unspecified atom stereocenters. The molecular weight excluding hydrogens is 699 g/mol. The van der Waals surface area contributed by atoms with E-state index in [0.717, 1.165) is 24.2 Å². The molecule has 0 radical (unpaired) electrons. The molecule has 0 saturated heterocycles. The van der Waals surface area contributed by atoms with Gasteiger partial charge in [0, 0.05) is 22.5 Å². The summed E-state index contributed by atoms with van der Waals surface area (Å²) in [5.74, 6) is 0. The lowest BCUT2D eigenvalue weighted by atomic mass is 9.73. The zero-order chi connectivity index (χ0) is 40.7. The third-order valence-corrected chi connectivity index (χ3v) is 12.5. The van der Waals surface area contributed by atoms with Gasteiger partial charge in [0.2, 0.25) is 0 Å².